The first-order chi connectivity index (χ1) is 9.58. The fourth-order valence-corrected chi connectivity index (χ4v) is 3.56. The highest BCUT2D eigenvalue weighted by Crippen LogP contribution is 2.29. The monoisotopic (exact) mass is 312 g/mol. The van der Waals surface area contributed by atoms with Gasteiger partial charge in [0.1, 0.15) is 5.75 Å². The van der Waals surface area contributed by atoms with Gasteiger partial charge in [0.05, 0.1) is 13.7 Å². The van der Waals surface area contributed by atoms with Gasteiger partial charge in [-0.05, 0) is 31.9 Å². The zero-order chi connectivity index (χ0) is 14.6. The first kappa shape index (κ1) is 15.5. The number of hydrogen-bond donors (Lipinski definition) is 1. The number of nitrogens with one attached hydrogen (secondary N) is 1. The molecule has 20 heavy (non-hydrogen) atoms. The van der Waals surface area contributed by atoms with E-state index >= 15 is 0 Å². The van der Waals surface area contributed by atoms with Crippen LogP contribution in [0.2, 0.25) is 5.02 Å². The maximum Gasteiger partial charge on any atom is 0.157 e. The number of thioether (sulfide) groups is 1. The van der Waals surface area contributed by atoms with E-state index in [1.807, 2.05) is 18.2 Å². The molecule has 1 saturated heterocycles. The molecule has 1 aromatic rings. The molecular weight excluding hydrogens is 292 g/mol. The molecule has 0 saturated carbocycles. The van der Waals surface area contributed by atoms with Gasteiger partial charge in [-0.3, -0.25) is 4.99 Å². The Bertz CT molecular complexity index is 507. The summed E-state index contributed by atoms with van der Waals surface area (Å²) < 4.78 is 5.35. The minimum absolute atomic E-state index is 0.161. The summed E-state index contributed by atoms with van der Waals surface area (Å²) >= 11 is 8.01. The minimum Gasteiger partial charge on any atom is -0.496 e. The van der Waals surface area contributed by atoms with E-state index < -0.39 is 0 Å². The highest BCUT2D eigenvalue weighted by atomic mass is 35.5. The lowest BCUT2D eigenvalue weighted by atomic mass is 9.96. The average molecular weight is 313 g/mol. The van der Waals surface area contributed by atoms with E-state index in [1.165, 1.54) is 6.42 Å². The Morgan fingerprint density at radius 3 is 3.00 bits per heavy atom. The van der Waals surface area contributed by atoms with Crippen molar-refractivity contribution in [2.24, 2.45) is 4.99 Å². The van der Waals surface area contributed by atoms with Crippen LogP contribution in [0.4, 0.5) is 0 Å². The molecule has 3 nitrogen and oxygen atoms in total. The lowest BCUT2D eigenvalue weighted by molar-refractivity contribution is 0.389. The highest BCUT2D eigenvalue weighted by Gasteiger charge is 2.27. The van der Waals surface area contributed by atoms with Crippen LogP contribution in [-0.2, 0) is 6.54 Å². The second kappa shape index (κ2) is 6.72. The molecule has 1 heterocycles. The first-order valence-corrected chi connectivity index (χ1v) is 8.21. The van der Waals surface area contributed by atoms with Gasteiger partial charge in [0.25, 0.3) is 0 Å². The summed E-state index contributed by atoms with van der Waals surface area (Å²) in [6.45, 7) is 4.99. The molecule has 110 valence electrons. The Balaban J connectivity index is 2.13. The minimum atomic E-state index is 0.161. The maximum atomic E-state index is 6.23. The number of methoxy groups -OCH3 is 1. The van der Waals surface area contributed by atoms with Crippen molar-refractivity contribution in [3.63, 3.8) is 0 Å². The number of halogens is 1. The summed E-state index contributed by atoms with van der Waals surface area (Å²) in [6, 6.07) is 5.68. The van der Waals surface area contributed by atoms with Crippen molar-refractivity contribution >= 4 is 28.5 Å². The van der Waals surface area contributed by atoms with Crippen molar-refractivity contribution in [3.8, 4) is 5.75 Å². The van der Waals surface area contributed by atoms with Crippen LogP contribution in [0.3, 0.4) is 0 Å². The zero-order valence-corrected chi connectivity index (χ0v) is 13.8. The van der Waals surface area contributed by atoms with Crippen LogP contribution < -0.4 is 10.1 Å². The van der Waals surface area contributed by atoms with E-state index in [-0.39, 0.29) is 5.54 Å². The molecule has 2 rings (SSSR count). The predicted molar refractivity (Wildman–Crippen MR) is 88.0 cm³/mol. The van der Waals surface area contributed by atoms with Crippen molar-refractivity contribution in [2.75, 3.05) is 12.9 Å². The zero-order valence-electron chi connectivity index (χ0n) is 12.2. The van der Waals surface area contributed by atoms with Crippen LogP contribution >= 0.6 is 23.4 Å². The van der Waals surface area contributed by atoms with E-state index in [0.717, 1.165) is 28.7 Å². The molecule has 0 amide bonds. The average Bonchev–Trinajstić information content (AvgIpc) is 2.46. The molecule has 1 unspecified atom stereocenters. The van der Waals surface area contributed by atoms with Crippen LogP contribution in [0, 0.1) is 0 Å². The third kappa shape index (κ3) is 3.61. The SMILES string of the molecule is CCC1(C)CCSC(=NCc2c(Cl)cccc2OC)N1. The maximum absolute atomic E-state index is 6.23. The van der Waals surface area contributed by atoms with E-state index in [9.17, 15) is 0 Å². The molecular formula is C15H21ClN2OS. The number of nitrogens with zero attached hydrogens (tertiary/aromatic N) is 1. The molecule has 1 aliphatic heterocycles. The van der Waals surface area contributed by atoms with Crippen molar-refractivity contribution in [1.29, 1.82) is 0 Å². The fraction of sp³-hybridized carbons (Fsp3) is 0.533. The van der Waals surface area contributed by atoms with E-state index in [4.69, 9.17) is 16.3 Å². The van der Waals surface area contributed by atoms with Crippen LogP contribution in [0.15, 0.2) is 23.2 Å². The lowest BCUT2D eigenvalue weighted by Crippen LogP contribution is -2.48. The molecule has 1 N–H and O–H groups in total. The molecule has 1 aliphatic rings. The summed E-state index contributed by atoms with van der Waals surface area (Å²) in [6.07, 6.45) is 2.27. The summed E-state index contributed by atoms with van der Waals surface area (Å²) in [7, 11) is 1.66. The number of benzene rings is 1. The van der Waals surface area contributed by atoms with Gasteiger partial charge in [0.15, 0.2) is 5.17 Å². The van der Waals surface area contributed by atoms with Gasteiger partial charge < -0.3 is 10.1 Å². The van der Waals surface area contributed by atoms with Gasteiger partial charge >= 0.3 is 0 Å². The summed E-state index contributed by atoms with van der Waals surface area (Å²) in [5, 5.41) is 5.24. The van der Waals surface area contributed by atoms with E-state index in [1.54, 1.807) is 18.9 Å². The van der Waals surface area contributed by atoms with E-state index in [2.05, 4.69) is 24.2 Å². The summed E-state index contributed by atoms with van der Waals surface area (Å²) in [4.78, 5) is 4.67. The smallest absolute Gasteiger partial charge is 0.157 e. The molecule has 0 aromatic heterocycles. The third-order valence-corrected chi connectivity index (χ3v) is 5.03. The second-order valence-corrected chi connectivity index (χ2v) is 6.67. The standard InChI is InChI=1S/C15H21ClN2OS/c1-4-15(2)8-9-20-14(18-15)17-10-11-12(16)6-5-7-13(11)19-3/h5-7H,4,8-10H2,1-3H3,(H,17,18). The largest absolute Gasteiger partial charge is 0.496 e. The molecule has 1 atom stereocenters. The van der Waals surface area contributed by atoms with Crippen molar-refractivity contribution < 1.29 is 4.74 Å². The molecule has 0 radical (unpaired) electrons. The molecule has 1 aromatic carbocycles. The molecule has 0 spiro atoms. The second-order valence-electron chi connectivity index (χ2n) is 5.18. The normalized spacial score (nSPS) is 24.5. The Labute approximate surface area is 130 Å². The van der Waals surface area contributed by atoms with Crippen LogP contribution in [0.5, 0.6) is 5.75 Å². The molecule has 5 heteroatoms. The number of ether oxygens (including phenoxy) is 1. The van der Waals surface area contributed by atoms with Gasteiger partial charge in [-0.2, -0.15) is 0 Å². The summed E-state index contributed by atoms with van der Waals surface area (Å²) in [5.74, 6) is 1.90. The quantitative estimate of drug-likeness (QED) is 0.908. The fourth-order valence-electron chi connectivity index (χ4n) is 2.11. The van der Waals surface area contributed by atoms with Crippen LogP contribution in [-0.4, -0.2) is 23.6 Å². The van der Waals surface area contributed by atoms with Crippen molar-refractivity contribution in [2.45, 2.75) is 38.8 Å². The van der Waals surface area contributed by atoms with Crippen molar-refractivity contribution in [3.05, 3.63) is 28.8 Å². The molecule has 1 fully saturated rings. The number of amidine groups is 1. The Morgan fingerprint density at radius 1 is 1.50 bits per heavy atom. The lowest BCUT2D eigenvalue weighted by Gasteiger charge is -2.35. The van der Waals surface area contributed by atoms with Gasteiger partial charge in [-0.15, -0.1) is 0 Å². The van der Waals surface area contributed by atoms with Gasteiger partial charge in [0, 0.05) is 21.9 Å². The third-order valence-electron chi connectivity index (χ3n) is 3.76. The topological polar surface area (TPSA) is 33.6 Å². The Hall–Kier alpha value is -0.870. The van der Waals surface area contributed by atoms with Gasteiger partial charge in [-0.25, -0.2) is 0 Å². The number of hydrogen-bond acceptors (Lipinski definition) is 3. The van der Waals surface area contributed by atoms with Crippen LogP contribution in [0.25, 0.3) is 0 Å². The Morgan fingerprint density at radius 2 is 2.30 bits per heavy atom. The molecule has 0 bridgehead atoms. The van der Waals surface area contributed by atoms with Crippen LogP contribution in [0.1, 0.15) is 32.3 Å². The van der Waals surface area contributed by atoms with Gasteiger partial charge in [-0.1, -0.05) is 36.4 Å². The predicted octanol–water partition coefficient (Wildman–Crippen LogP) is 4.10. The molecule has 0 aliphatic carbocycles. The highest BCUT2D eigenvalue weighted by molar-refractivity contribution is 8.13. The summed E-state index contributed by atoms with van der Waals surface area (Å²) in [5.41, 5.74) is 1.10. The van der Waals surface area contributed by atoms with E-state index in [0.29, 0.717) is 11.6 Å². The van der Waals surface area contributed by atoms with Crippen molar-refractivity contribution in [1.82, 2.24) is 5.32 Å². The first-order valence-electron chi connectivity index (χ1n) is 6.85. The number of rotatable bonds is 4. The Kier molecular flexibility index (Phi) is 5.22. The number of aliphatic imine (C=N–C) groups is 1. The van der Waals surface area contributed by atoms with Gasteiger partial charge in [0.2, 0.25) is 0 Å².